The maximum Gasteiger partial charge on any atom is 0.156 e. The predicted molar refractivity (Wildman–Crippen MR) is 68.6 cm³/mol. The number of hydrogen-bond acceptors (Lipinski definition) is 3. The molecule has 0 saturated heterocycles. The highest BCUT2D eigenvalue weighted by Crippen LogP contribution is 2.56. The Morgan fingerprint density at radius 1 is 1.31 bits per heavy atom. The van der Waals surface area contributed by atoms with Gasteiger partial charge in [0.05, 0.1) is 6.54 Å². The van der Waals surface area contributed by atoms with Crippen molar-refractivity contribution in [2.45, 2.75) is 25.3 Å². The molecule has 86 valence electrons. The van der Waals surface area contributed by atoms with Gasteiger partial charge in [-0.2, -0.15) is 0 Å². The Hall–Kier alpha value is -0.440. The second kappa shape index (κ2) is 3.52. The lowest BCUT2D eigenvalue weighted by Crippen LogP contribution is -2.41. The maximum absolute atomic E-state index is 4.52. The van der Waals surface area contributed by atoms with Crippen LogP contribution < -0.4 is 5.32 Å². The molecule has 2 bridgehead atoms. The molecular formula is C13H18N2S. The van der Waals surface area contributed by atoms with E-state index in [1.165, 1.54) is 30.2 Å². The van der Waals surface area contributed by atoms with Gasteiger partial charge in [-0.1, -0.05) is 23.9 Å². The van der Waals surface area contributed by atoms with Crippen molar-refractivity contribution in [1.29, 1.82) is 0 Å². The van der Waals surface area contributed by atoms with Gasteiger partial charge in [0.25, 0.3) is 0 Å². The number of nitrogens with one attached hydrogen (secondary N) is 1. The van der Waals surface area contributed by atoms with E-state index in [-0.39, 0.29) is 0 Å². The van der Waals surface area contributed by atoms with Gasteiger partial charge in [-0.05, 0) is 42.9 Å². The average molecular weight is 234 g/mol. The minimum absolute atomic E-state index is 0.721. The van der Waals surface area contributed by atoms with Crippen molar-refractivity contribution in [3.63, 3.8) is 0 Å². The van der Waals surface area contributed by atoms with Crippen LogP contribution in [0.25, 0.3) is 0 Å². The molecule has 3 heteroatoms. The monoisotopic (exact) mass is 234 g/mol. The highest BCUT2D eigenvalue weighted by Gasteiger charge is 2.52. The Kier molecular flexibility index (Phi) is 2.11. The Labute approximate surface area is 101 Å². The van der Waals surface area contributed by atoms with Crippen molar-refractivity contribution in [3.8, 4) is 0 Å². The van der Waals surface area contributed by atoms with Crippen molar-refractivity contribution < 1.29 is 0 Å². The number of allylic oxidation sites excluding steroid dienone is 2. The van der Waals surface area contributed by atoms with E-state index in [0.29, 0.717) is 0 Å². The van der Waals surface area contributed by atoms with Crippen LogP contribution in [0.4, 0.5) is 0 Å². The summed E-state index contributed by atoms with van der Waals surface area (Å²) in [4.78, 5) is 4.52. The van der Waals surface area contributed by atoms with Gasteiger partial charge in [0.15, 0.2) is 5.17 Å². The Morgan fingerprint density at radius 2 is 2.31 bits per heavy atom. The quantitative estimate of drug-likeness (QED) is 0.704. The summed E-state index contributed by atoms with van der Waals surface area (Å²) in [5.74, 6) is 4.96. The fourth-order valence-electron chi connectivity index (χ4n) is 4.29. The van der Waals surface area contributed by atoms with Crippen molar-refractivity contribution in [3.05, 3.63) is 12.2 Å². The van der Waals surface area contributed by atoms with Gasteiger partial charge in [-0.3, -0.25) is 4.99 Å². The fourth-order valence-corrected chi connectivity index (χ4v) is 5.09. The summed E-state index contributed by atoms with van der Waals surface area (Å²) in [5.41, 5.74) is 0. The lowest BCUT2D eigenvalue weighted by atomic mass is 9.79. The molecule has 0 aromatic carbocycles. The number of amidine groups is 1. The highest BCUT2D eigenvalue weighted by molar-refractivity contribution is 8.14. The molecule has 2 saturated carbocycles. The number of rotatable bonds is 1. The van der Waals surface area contributed by atoms with Crippen LogP contribution in [0.5, 0.6) is 0 Å². The first-order chi connectivity index (χ1) is 7.92. The Balaban J connectivity index is 1.49. The SMILES string of the molecule is C1=C[C@H]2[C@@H](C1)[C@H]1C[C@@H]2[C@H](NC2=NCCS2)C1. The van der Waals surface area contributed by atoms with Crippen LogP contribution in [0, 0.1) is 23.7 Å². The van der Waals surface area contributed by atoms with Gasteiger partial charge in [0.1, 0.15) is 0 Å². The second-order valence-electron chi connectivity index (χ2n) is 5.59. The van der Waals surface area contributed by atoms with Gasteiger partial charge in [0.2, 0.25) is 0 Å². The molecule has 4 rings (SSSR count). The number of nitrogens with zero attached hydrogens (tertiary/aromatic N) is 1. The van der Waals surface area contributed by atoms with E-state index in [0.717, 1.165) is 36.3 Å². The van der Waals surface area contributed by atoms with Crippen molar-refractivity contribution >= 4 is 16.9 Å². The molecule has 16 heavy (non-hydrogen) atoms. The maximum atomic E-state index is 4.52. The summed E-state index contributed by atoms with van der Waals surface area (Å²) in [6.07, 6.45) is 9.13. The van der Waals surface area contributed by atoms with Crippen LogP contribution in [0.3, 0.4) is 0 Å². The number of aliphatic imine (C=N–C) groups is 1. The Bertz CT molecular complexity index is 363. The molecule has 2 fully saturated rings. The van der Waals surface area contributed by atoms with E-state index in [2.05, 4.69) is 22.5 Å². The van der Waals surface area contributed by atoms with Gasteiger partial charge in [-0.15, -0.1) is 0 Å². The number of hydrogen-bond donors (Lipinski definition) is 1. The van der Waals surface area contributed by atoms with Gasteiger partial charge in [-0.25, -0.2) is 0 Å². The molecule has 0 amide bonds. The third-order valence-electron chi connectivity index (χ3n) is 4.90. The summed E-state index contributed by atoms with van der Waals surface area (Å²) in [5, 5.41) is 4.92. The minimum atomic E-state index is 0.721. The predicted octanol–water partition coefficient (Wildman–Crippen LogP) is 2.28. The van der Waals surface area contributed by atoms with E-state index in [9.17, 15) is 0 Å². The van der Waals surface area contributed by atoms with Crippen molar-refractivity contribution in [2.24, 2.45) is 28.7 Å². The minimum Gasteiger partial charge on any atom is -0.362 e. The first-order valence-corrected chi connectivity index (χ1v) is 7.51. The zero-order valence-corrected chi connectivity index (χ0v) is 10.2. The molecule has 0 aromatic rings. The van der Waals surface area contributed by atoms with E-state index in [1.54, 1.807) is 0 Å². The van der Waals surface area contributed by atoms with Crippen LogP contribution in [-0.2, 0) is 0 Å². The van der Waals surface area contributed by atoms with E-state index in [1.807, 2.05) is 11.8 Å². The molecule has 0 radical (unpaired) electrons. The molecular weight excluding hydrogens is 216 g/mol. The second-order valence-corrected chi connectivity index (χ2v) is 6.67. The molecule has 1 aliphatic heterocycles. The third-order valence-corrected chi connectivity index (χ3v) is 5.81. The van der Waals surface area contributed by atoms with Crippen LogP contribution in [0.15, 0.2) is 17.1 Å². The molecule has 2 nitrogen and oxygen atoms in total. The summed E-state index contributed by atoms with van der Waals surface area (Å²) in [6, 6.07) is 0.721. The van der Waals surface area contributed by atoms with E-state index >= 15 is 0 Å². The highest BCUT2D eigenvalue weighted by atomic mass is 32.2. The molecule has 5 atom stereocenters. The Morgan fingerprint density at radius 3 is 3.19 bits per heavy atom. The van der Waals surface area contributed by atoms with Crippen LogP contribution in [0.2, 0.25) is 0 Å². The standard InChI is InChI=1S/C13H18N2S/c1-2-9-8-6-11(10(9)3-1)12(7-8)15-13-14-4-5-16-13/h1,3,8-12H,2,4-7H2,(H,14,15)/t8-,9-,10-,11-,12+/m0/s1. The fraction of sp³-hybridized carbons (Fsp3) is 0.769. The van der Waals surface area contributed by atoms with Gasteiger partial charge >= 0.3 is 0 Å². The normalized spacial score (nSPS) is 48.5. The largest absolute Gasteiger partial charge is 0.362 e. The number of fused-ring (bicyclic) bond motifs is 5. The third kappa shape index (κ3) is 1.30. The molecule has 4 aliphatic rings. The van der Waals surface area contributed by atoms with Crippen molar-refractivity contribution in [1.82, 2.24) is 5.32 Å². The first kappa shape index (κ1) is 9.58. The zero-order valence-electron chi connectivity index (χ0n) is 9.43. The summed E-state index contributed by atoms with van der Waals surface area (Å²) < 4.78 is 0. The van der Waals surface area contributed by atoms with Crippen molar-refractivity contribution in [2.75, 3.05) is 12.3 Å². The molecule has 0 unspecified atom stereocenters. The molecule has 0 aromatic heterocycles. The van der Waals surface area contributed by atoms with Crippen LogP contribution >= 0.6 is 11.8 Å². The average Bonchev–Trinajstić information content (AvgIpc) is 2.99. The summed E-state index contributed by atoms with van der Waals surface area (Å²) >= 11 is 1.90. The van der Waals surface area contributed by atoms with Gasteiger partial charge < -0.3 is 5.32 Å². The molecule has 0 spiro atoms. The van der Waals surface area contributed by atoms with E-state index < -0.39 is 0 Å². The lowest BCUT2D eigenvalue weighted by molar-refractivity contribution is 0.247. The first-order valence-electron chi connectivity index (χ1n) is 6.52. The summed E-state index contributed by atoms with van der Waals surface area (Å²) in [7, 11) is 0. The molecule has 1 N–H and O–H groups in total. The topological polar surface area (TPSA) is 24.4 Å². The zero-order chi connectivity index (χ0) is 10.5. The number of thioether (sulfide) groups is 1. The summed E-state index contributed by atoms with van der Waals surface area (Å²) in [6.45, 7) is 1.01. The van der Waals surface area contributed by atoms with Crippen LogP contribution in [0.1, 0.15) is 19.3 Å². The molecule has 1 heterocycles. The van der Waals surface area contributed by atoms with Crippen LogP contribution in [-0.4, -0.2) is 23.5 Å². The lowest BCUT2D eigenvalue weighted by Gasteiger charge is -2.32. The van der Waals surface area contributed by atoms with Gasteiger partial charge in [0, 0.05) is 11.8 Å². The molecule has 3 aliphatic carbocycles. The smallest absolute Gasteiger partial charge is 0.156 e. The van der Waals surface area contributed by atoms with E-state index in [4.69, 9.17) is 0 Å².